The minimum atomic E-state index is -1.37. The van der Waals surface area contributed by atoms with E-state index in [1.807, 2.05) is 0 Å². The third-order valence-electron chi connectivity index (χ3n) is 2.75. The van der Waals surface area contributed by atoms with Crippen LogP contribution >= 0.6 is 0 Å². The summed E-state index contributed by atoms with van der Waals surface area (Å²) >= 11 is 0. The van der Waals surface area contributed by atoms with Gasteiger partial charge in [-0.3, -0.25) is 0 Å². The minimum Gasteiger partial charge on any atom is -0.872 e. The zero-order valence-corrected chi connectivity index (χ0v) is 9.99. The number of aromatic carboxylic acids is 2. The molecular weight excluding hydrogens is 264 g/mol. The Kier molecular flexibility index (Phi) is 3.30. The van der Waals surface area contributed by atoms with E-state index in [0.29, 0.717) is 11.1 Å². The number of benzene rings is 2. The Bertz CT molecular complexity index is 643. The maximum Gasteiger partial charge on any atom is 0.335 e. The molecule has 0 fully saturated rings. The van der Waals surface area contributed by atoms with Crippen LogP contribution in [-0.4, -0.2) is 22.2 Å². The van der Waals surface area contributed by atoms with Crippen LogP contribution in [0.25, 0.3) is 11.1 Å². The highest BCUT2D eigenvalue weighted by Crippen LogP contribution is 2.27. The standard InChI is InChI=1S/C14H10O6/c15-11-3-1-7(5-9(11)13(17)18)8-2-4-12(16)10(6-8)14(19)20/h1-6,15-16H,(H,17,18)(H,19,20)/p-2. The van der Waals surface area contributed by atoms with Gasteiger partial charge in [-0.05, 0) is 23.3 Å². The number of carboxylic acid groups (broad SMARTS) is 2. The van der Waals surface area contributed by atoms with Crippen molar-refractivity contribution in [1.82, 2.24) is 0 Å². The van der Waals surface area contributed by atoms with Gasteiger partial charge in [0.1, 0.15) is 0 Å². The number of carbonyl (C=O) groups is 2. The quantitative estimate of drug-likeness (QED) is 0.856. The fourth-order valence-corrected chi connectivity index (χ4v) is 1.75. The van der Waals surface area contributed by atoms with Crippen molar-refractivity contribution in [2.24, 2.45) is 0 Å². The van der Waals surface area contributed by atoms with Crippen molar-refractivity contribution in [3.05, 3.63) is 47.5 Å². The Morgan fingerprint density at radius 1 is 0.750 bits per heavy atom. The van der Waals surface area contributed by atoms with Crippen LogP contribution in [0.3, 0.4) is 0 Å². The average Bonchev–Trinajstić information content (AvgIpc) is 2.39. The molecule has 6 nitrogen and oxygen atoms in total. The molecule has 20 heavy (non-hydrogen) atoms. The van der Waals surface area contributed by atoms with Gasteiger partial charge >= 0.3 is 11.9 Å². The lowest BCUT2D eigenvalue weighted by Crippen LogP contribution is -2.05. The molecule has 2 N–H and O–H groups in total. The lowest BCUT2D eigenvalue weighted by atomic mass is 10.00. The van der Waals surface area contributed by atoms with Crippen LogP contribution in [0.4, 0.5) is 0 Å². The van der Waals surface area contributed by atoms with Crippen LogP contribution < -0.4 is 10.2 Å². The van der Waals surface area contributed by atoms with Crippen molar-refractivity contribution in [1.29, 1.82) is 0 Å². The largest absolute Gasteiger partial charge is 0.872 e. The van der Waals surface area contributed by atoms with Crippen molar-refractivity contribution < 1.29 is 30.0 Å². The molecule has 0 bridgehead atoms. The van der Waals surface area contributed by atoms with E-state index in [9.17, 15) is 19.8 Å². The molecule has 0 unspecified atom stereocenters. The highest BCUT2D eigenvalue weighted by atomic mass is 16.4. The van der Waals surface area contributed by atoms with E-state index in [2.05, 4.69) is 0 Å². The second-order valence-corrected chi connectivity index (χ2v) is 4.03. The molecule has 2 aromatic carbocycles. The maximum atomic E-state index is 11.3. The predicted molar refractivity (Wildman–Crippen MR) is 64.7 cm³/mol. The Morgan fingerprint density at radius 3 is 1.40 bits per heavy atom. The second-order valence-electron chi connectivity index (χ2n) is 4.03. The number of rotatable bonds is 3. The summed E-state index contributed by atoms with van der Waals surface area (Å²) in [6, 6.07) is 7.22. The van der Waals surface area contributed by atoms with Gasteiger partial charge in [-0.25, -0.2) is 9.59 Å². The summed E-state index contributed by atoms with van der Waals surface area (Å²) in [5, 5.41) is 40.5. The van der Waals surface area contributed by atoms with Gasteiger partial charge in [-0.2, -0.15) is 0 Å². The topological polar surface area (TPSA) is 121 Å². The van der Waals surface area contributed by atoms with Crippen LogP contribution in [0.15, 0.2) is 36.4 Å². The molecule has 0 spiro atoms. The molecule has 0 amide bonds. The van der Waals surface area contributed by atoms with E-state index in [-0.39, 0.29) is 0 Å². The molecule has 0 atom stereocenters. The highest BCUT2D eigenvalue weighted by molar-refractivity contribution is 5.94. The van der Waals surface area contributed by atoms with Gasteiger partial charge < -0.3 is 20.4 Å². The summed E-state index contributed by atoms with van der Waals surface area (Å²) in [7, 11) is 0. The third kappa shape index (κ3) is 2.39. The number of hydrogen-bond acceptors (Lipinski definition) is 4. The highest BCUT2D eigenvalue weighted by Gasteiger charge is 2.09. The summed E-state index contributed by atoms with van der Waals surface area (Å²) < 4.78 is 0. The lowest BCUT2D eigenvalue weighted by Gasteiger charge is -2.14. The zero-order chi connectivity index (χ0) is 14.9. The van der Waals surface area contributed by atoms with E-state index >= 15 is 0 Å². The van der Waals surface area contributed by atoms with E-state index in [4.69, 9.17) is 10.2 Å². The molecule has 6 heteroatoms. The molecule has 0 aliphatic heterocycles. The van der Waals surface area contributed by atoms with Crippen molar-refractivity contribution in [3.63, 3.8) is 0 Å². The molecule has 2 rings (SSSR count). The first-order valence-electron chi connectivity index (χ1n) is 5.49. The van der Waals surface area contributed by atoms with Gasteiger partial charge in [0.05, 0.1) is 11.1 Å². The van der Waals surface area contributed by atoms with Crippen molar-refractivity contribution in [3.8, 4) is 22.6 Å². The van der Waals surface area contributed by atoms with E-state index in [1.165, 1.54) is 12.1 Å². The summed E-state index contributed by atoms with van der Waals surface area (Å²) in [5.41, 5.74) is -0.120. The first-order chi connectivity index (χ1) is 9.40. The molecule has 0 aliphatic rings. The summed E-state index contributed by atoms with van der Waals surface area (Å²) in [5.74, 6) is -4.01. The SMILES string of the molecule is O=C(O)c1cc(-c2ccc([O-])c(C(=O)O)c2)ccc1[O-]. The summed E-state index contributed by atoms with van der Waals surface area (Å²) in [4.78, 5) is 21.8. The van der Waals surface area contributed by atoms with Gasteiger partial charge in [0.15, 0.2) is 0 Å². The molecule has 0 heterocycles. The van der Waals surface area contributed by atoms with Crippen molar-refractivity contribution >= 4 is 11.9 Å². The number of hydrogen-bond donors (Lipinski definition) is 2. The van der Waals surface area contributed by atoms with Gasteiger partial charge in [0.2, 0.25) is 0 Å². The first-order valence-corrected chi connectivity index (χ1v) is 5.49. The van der Waals surface area contributed by atoms with Crippen LogP contribution in [0.2, 0.25) is 0 Å². The molecule has 0 saturated heterocycles. The van der Waals surface area contributed by atoms with Gasteiger partial charge in [-0.1, -0.05) is 35.8 Å². The van der Waals surface area contributed by atoms with E-state index in [0.717, 1.165) is 24.3 Å². The van der Waals surface area contributed by atoms with E-state index in [1.54, 1.807) is 0 Å². The minimum absolute atomic E-state index is 0.351. The molecule has 0 aromatic heterocycles. The van der Waals surface area contributed by atoms with Gasteiger partial charge in [0.25, 0.3) is 0 Å². The van der Waals surface area contributed by atoms with Crippen LogP contribution in [0, 0.1) is 0 Å². The second kappa shape index (κ2) is 4.93. The monoisotopic (exact) mass is 272 g/mol. The van der Waals surface area contributed by atoms with Crippen molar-refractivity contribution in [2.45, 2.75) is 0 Å². The summed E-state index contributed by atoms with van der Waals surface area (Å²) in [6.45, 7) is 0. The lowest BCUT2D eigenvalue weighted by molar-refractivity contribution is -0.269. The van der Waals surface area contributed by atoms with E-state index < -0.39 is 34.6 Å². The Hall–Kier alpha value is -3.02. The first kappa shape index (κ1) is 13.4. The van der Waals surface area contributed by atoms with Crippen LogP contribution in [0.5, 0.6) is 11.5 Å². The summed E-state index contributed by atoms with van der Waals surface area (Å²) in [6.07, 6.45) is 0. The molecule has 0 radical (unpaired) electrons. The molecule has 0 aliphatic carbocycles. The predicted octanol–water partition coefficient (Wildman–Crippen LogP) is 0.897. The zero-order valence-electron chi connectivity index (χ0n) is 9.99. The third-order valence-corrected chi connectivity index (χ3v) is 2.75. The fourth-order valence-electron chi connectivity index (χ4n) is 1.75. The van der Waals surface area contributed by atoms with Crippen LogP contribution in [0.1, 0.15) is 20.7 Å². The Morgan fingerprint density at radius 2 is 1.10 bits per heavy atom. The fraction of sp³-hybridized carbons (Fsp3) is 0. The van der Waals surface area contributed by atoms with Crippen LogP contribution in [-0.2, 0) is 0 Å². The molecule has 0 saturated carbocycles. The van der Waals surface area contributed by atoms with Gasteiger partial charge in [-0.15, -0.1) is 0 Å². The maximum absolute atomic E-state index is 11.3. The normalized spacial score (nSPS) is 10.2. The smallest absolute Gasteiger partial charge is 0.335 e. The average molecular weight is 272 g/mol. The Labute approximate surface area is 113 Å². The Balaban J connectivity index is 2.57. The molecular formula is C14H8O6-2. The number of carboxylic acids is 2. The molecule has 2 aromatic rings. The van der Waals surface area contributed by atoms with Crippen molar-refractivity contribution in [2.75, 3.05) is 0 Å². The van der Waals surface area contributed by atoms with Gasteiger partial charge in [0, 0.05) is 0 Å². The molecule has 102 valence electrons.